The van der Waals surface area contributed by atoms with E-state index in [9.17, 15) is 0 Å². The van der Waals surface area contributed by atoms with Crippen molar-refractivity contribution >= 4 is 0 Å². The zero-order chi connectivity index (χ0) is 12.8. The fraction of sp³-hybridized carbons (Fsp3) is 0.571. The molecule has 4 nitrogen and oxygen atoms in total. The topological polar surface area (TPSA) is 39.7 Å². The molecule has 1 aromatic rings. The molecule has 4 heteroatoms. The van der Waals surface area contributed by atoms with Gasteiger partial charge in [0.1, 0.15) is 18.1 Å². The van der Waals surface area contributed by atoms with Gasteiger partial charge in [-0.15, -0.1) is 0 Å². The summed E-state index contributed by atoms with van der Waals surface area (Å²) in [5, 5.41) is 3.14. The highest BCUT2D eigenvalue weighted by Crippen LogP contribution is 2.25. The predicted molar refractivity (Wildman–Crippen MR) is 70.2 cm³/mol. The summed E-state index contributed by atoms with van der Waals surface area (Å²) in [6, 6.07) is 5.88. The van der Waals surface area contributed by atoms with Gasteiger partial charge >= 0.3 is 0 Å². The van der Waals surface area contributed by atoms with Gasteiger partial charge in [-0.3, -0.25) is 0 Å². The fourth-order valence-electron chi connectivity index (χ4n) is 2.11. The quantitative estimate of drug-likeness (QED) is 0.839. The molecule has 0 aromatic heterocycles. The number of hydrogen-bond acceptors (Lipinski definition) is 4. The van der Waals surface area contributed by atoms with Crippen molar-refractivity contribution in [2.45, 2.75) is 25.5 Å². The molecule has 1 atom stereocenters. The molecule has 1 saturated heterocycles. The number of nitrogens with one attached hydrogen (secondary N) is 1. The first-order valence-corrected chi connectivity index (χ1v) is 6.39. The molecule has 0 amide bonds. The van der Waals surface area contributed by atoms with Crippen molar-refractivity contribution in [3.63, 3.8) is 0 Å². The maximum Gasteiger partial charge on any atom is 0.124 e. The summed E-state index contributed by atoms with van der Waals surface area (Å²) in [5.41, 5.74) is 1.11. The molecule has 1 heterocycles. The Labute approximate surface area is 108 Å². The van der Waals surface area contributed by atoms with Crippen LogP contribution in [0.5, 0.6) is 11.5 Å². The maximum atomic E-state index is 5.85. The molecule has 1 N–H and O–H groups in total. The largest absolute Gasteiger partial charge is 0.497 e. The highest BCUT2D eigenvalue weighted by Gasteiger charge is 2.16. The number of ether oxygens (including phenoxy) is 3. The summed E-state index contributed by atoms with van der Waals surface area (Å²) in [5.74, 6) is 1.75. The average Bonchev–Trinajstić information content (AvgIpc) is 2.90. The van der Waals surface area contributed by atoms with E-state index in [1.165, 1.54) is 0 Å². The second-order valence-electron chi connectivity index (χ2n) is 4.45. The van der Waals surface area contributed by atoms with Crippen molar-refractivity contribution in [3.8, 4) is 11.5 Å². The molecule has 100 valence electrons. The zero-order valence-corrected chi connectivity index (χ0v) is 11.1. The Morgan fingerprint density at radius 3 is 3.00 bits per heavy atom. The second-order valence-corrected chi connectivity index (χ2v) is 4.45. The Hall–Kier alpha value is -1.26. The van der Waals surface area contributed by atoms with Crippen LogP contribution in [0.2, 0.25) is 0 Å². The Balaban J connectivity index is 2.00. The Morgan fingerprint density at radius 1 is 1.44 bits per heavy atom. The summed E-state index contributed by atoms with van der Waals surface area (Å²) in [6.45, 7) is 2.25. The van der Waals surface area contributed by atoms with Gasteiger partial charge in [-0.1, -0.05) is 0 Å². The minimum absolute atomic E-state index is 0.245. The fourth-order valence-corrected chi connectivity index (χ4v) is 2.11. The number of hydrogen-bond donors (Lipinski definition) is 1. The van der Waals surface area contributed by atoms with Crippen LogP contribution in [0.1, 0.15) is 18.4 Å². The van der Waals surface area contributed by atoms with E-state index in [4.69, 9.17) is 14.2 Å². The highest BCUT2D eigenvalue weighted by atomic mass is 16.5. The van der Waals surface area contributed by atoms with Gasteiger partial charge in [0.25, 0.3) is 0 Å². The number of methoxy groups -OCH3 is 1. The smallest absolute Gasteiger partial charge is 0.124 e. The van der Waals surface area contributed by atoms with E-state index in [2.05, 4.69) is 5.32 Å². The SMILES string of the molecule is CNCc1cc(OC)ccc1OCC1CCCO1. The molecule has 1 fully saturated rings. The van der Waals surface area contributed by atoms with Gasteiger partial charge in [-0.2, -0.15) is 0 Å². The van der Waals surface area contributed by atoms with E-state index >= 15 is 0 Å². The number of benzene rings is 1. The molecule has 0 radical (unpaired) electrons. The Kier molecular flexibility index (Phi) is 4.84. The van der Waals surface area contributed by atoms with Gasteiger partial charge in [0, 0.05) is 18.7 Å². The van der Waals surface area contributed by atoms with Crippen LogP contribution >= 0.6 is 0 Å². The third-order valence-electron chi connectivity index (χ3n) is 3.08. The normalized spacial score (nSPS) is 18.9. The van der Waals surface area contributed by atoms with E-state index in [0.29, 0.717) is 6.61 Å². The van der Waals surface area contributed by atoms with Crippen LogP contribution in [0, 0.1) is 0 Å². The van der Waals surface area contributed by atoms with Crippen molar-refractivity contribution in [3.05, 3.63) is 23.8 Å². The van der Waals surface area contributed by atoms with Gasteiger partial charge in [-0.25, -0.2) is 0 Å². The van der Waals surface area contributed by atoms with Crippen LogP contribution in [-0.4, -0.2) is 33.5 Å². The van der Waals surface area contributed by atoms with Gasteiger partial charge in [0.2, 0.25) is 0 Å². The van der Waals surface area contributed by atoms with E-state index in [0.717, 1.165) is 43.1 Å². The van der Waals surface area contributed by atoms with Crippen LogP contribution in [0.25, 0.3) is 0 Å². The van der Waals surface area contributed by atoms with E-state index in [-0.39, 0.29) is 6.10 Å². The molecule has 0 bridgehead atoms. The van der Waals surface area contributed by atoms with Gasteiger partial charge in [-0.05, 0) is 38.1 Å². The van der Waals surface area contributed by atoms with E-state index in [1.807, 2.05) is 25.2 Å². The van der Waals surface area contributed by atoms with Crippen molar-refractivity contribution in [1.82, 2.24) is 5.32 Å². The van der Waals surface area contributed by atoms with Crippen LogP contribution in [-0.2, 0) is 11.3 Å². The lowest BCUT2D eigenvalue weighted by Crippen LogP contribution is -2.17. The summed E-state index contributed by atoms with van der Waals surface area (Å²) < 4.78 is 16.6. The predicted octanol–water partition coefficient (Wildman–Crippen LogP) is 1.97. The average molecular weight is 251 g/mol. The molecule has 1 aromatic carbocycles. The van der Waals surface area contributed by atoms with Crippen molar-refractivity contribution in [1.29, 1.82) is 0 Å². The van der Waals surface area contributed by atoms with Crippen molar-refractivity contribution < 1.29 is 14.2 Å². The van der Waals surface area contributed by atoms with Crippen molar-refractivity contribution in [2.75, 3.05) is 27.4 Å². The molecule has 1 aliphatic rings. The van der Waals surface area contributed by atoms with Crippen molar-refractivity contribution in [2.24, 2.45) is 0 Å². The molecule has 0 saturated carbocycles. The second kappa shape index (κ2) is 6.61. The Bertz CT molecular complexity index is 375. The maximum absolute atomic E-state index is 5.85. The molecule has 2 rings (SSSR count). The summed E-state index contributed by atoms with van der Waals surface area (Å²) >= 11 is 0. The van der Waals surface area contributed by atoms with Crippen LogP contribution in [0.3, 0.4) is 0 Å². The minimum atomic E-state index is 0.245. The van der Waals surface area contributed by atoms with Crippen LogP contribution in [0.4, 0.5) is 0 Å². The molecular formula is C14H21NO3. The lowest BCUT2D eigenvalue weighted by Gasteiger charge is -2.15. The first-order valence-electron chi connectivity index (χ1n) is 6.39. The van der Waals surface area contributed by atoms with Crippen LogP contribution < -0.4 is 14.8 Å². The monoisotopic (exact) mass is 251 g/mol. The Morgan fingerprint density at radius 2 is 2.33 bits per heavy atom. The lowest BCUT2D eigenvalue weighted by atomic mass is 10.2. The highest BCUT2D eigenvalue weighted by molar-refractivity contribution is 5.40. The number of rotatable bonds is 6. The first kappa shape index (κ1) is 13.2. The lowest BCUT2D eigenvalue weighted by molar-refractivity contribution is 0.0676. The molecule has 18 heavy (non-hydrogen) atoms. The van der Waals surface area contributed by atoms with Gasteiger partial charge in [0.05, 0.1) is 13.2 Å². The summed E-state index contributed by atoms with van der Waals surface area (Å²) in [6.07, 6.45) is 2.48. The molecule has 0 aliphatic carbocycles. The van der Waals surface area contributed by atoms with Gasteiger partial charge < -0.3 is 19.5 Å². The standard InChI is InChI=1S/C14H21NO3/c1-15-9-11-8-12(16-2)5-6-14(11)18-10-13-4-3-7-17-13/h5-6,8,13,15H,3-4,7,9-10H2,1-2H3. The summed E-state index contributed by atoms with van der Waals surface area (Å²) in [4.78, 5) is 0. The third-order valence-corrected chi connectivity index (χ3v) is 3.08. The van der Waals surface area contributed by atoms with Gasteiger partial charge in [0.15, 0.2) is 0 Å². The molecular weight excluding hydrogens is 230 g/mol. The third kappa shape index (κ3) is 3.37. The molecule has 1 unspecified atom stereocenters. The first-order chi connectivity index (χ1) is 8.83. The van der Waals surface area contributed by atoms with E-state index < -0.39 is 0 Å². The molecule has 1 aliphatic heterocycles. The summed E-state index contributed by atoms with van der Waals surface area (Å²) in [7, 11) is 3.59. The van der Waals surface area contributed by atoms with Crippen LogP contribution in [0.15, 0.2) is 18.2 Å². The molecule has 0 spiro atoms. The minimum Gasteiger partial charge on any atom is -0.497 e. The van der Waals surface area contributed by atoms with E-state index in [1.54, 1.807) is 7.11 Å². The zero-order valence-electron chi connectivity index (χ0n) is 11.1.